The van der Waals surface area contributed by atoms with Crippen molar-refractivity contribution in [2.24, 2.45) is 0 Å². The van der Waals surface area contributed by atoms with E-state index >= 15 is 0 Å². The molecule has 1 saturated heterocycles. The molecule has 0 aromatic heterocycles. The fourth-order valence-electron chi connectivity index (χ4n) is 1.34. The van der Waals surface area contributed by atoms with Crippen LogP contribution in [0.3, 0.4) is 0 Å². The smallest absolute Gasteiger partial charge is 0.322 e. The van der Waals surface area contributed by atoms with E-state index < -0.39 is 23.8 Å². The fraction of sp³-hybridized carbons (Fsp3) is 0.111. The highest BCUT2D eigenvalue weighted by atomic mass is 19.1. The van der Waals surface area contributed by atoms with Crippen molar-refractivity contribution in [2.75, 3.05) is 0 Å². The first kappa shape index (κ1) is 8.68. The van der Waals surface area contributed by atoms with E-state index in [4.69, 9.17) is 0 Å². The largest absolute Gasteiger partial charge is 0.322 e. The topological polar surface area (TPSA) is 58.2 Å². The summed E-state index contributed by atoms with van der Waals surface area (Å²) in [6.07, 6.45) is 0. The fourth-order valence-corrected chi connectivity index (χ4v) is 1.34. The number of urea groups is 1. The van der Waals surface area contributed by atoms with Crippen molar-refractivity contribution in [3.8, 4) is 0 Å². The van der Waals surface area contributed by atoms with Crippen LogP contribution < -0.4 is 10.6 Å². The van der Waals surface area contributed by atoms with Gasteiger partial charge in [0.15, 0.2) is 0 Å². The van der Waals surface area contributed by atoms with E-state index in [-0.39, 0.29) is 5.56 Å². The number of benzene rings is 1. The Hall–Kier alpha value is -1.91. The molecule has 0 spiro atoms. The maximum atomic E-state index is 13.2. The lowest BCUT2D eigenvalue weighted by molar-refractivity contribution is -0.120. The maximum absolute atomic E-state index is 13.2. The number of imide groups is 1. The lowest BCUT2D eigenvalue weighted by Crippen LogP contribution is -2.22. The minimum Gasteiger partial charge on any atom is -0.322 e. The predicted octanol–water partition coefficient (Wildman–Crippen LogP) is 0.706. The zero-order chi connectivity index (χ0) is 10.1. The second-order valence-electron chi connectivity index (χ2n) is 2.92. The van der Waals surface area contributed by atoms with Gasteiger partial charge in [0.2, 0.25) is 0 Å². The van der Waals surface area contributed by atoms with Gasteiger partial charge in [0.05, 0.1) is 0 Å². The number of hydrogen-bond acceptors (Lipinski definition) is 2. The van der Waals surface area contributed by atoms with E-state index in [1.807, 2.05) is 5.32 Å². The third-order valence-electron chi connectivity index (χ3n) is 1.99. The van der Waals surface area contributed by atoms with Crippen LogP contribution in [-0.4, -0.2) is 11.9 Å². The molecular formula is C9H7FN2O2. The van der Waals surface area contributed by atoms with E-state index in [1.165, 1.54) is 18.2 Å². The minimum atomic E-state index is -0.913. The molecule has 0 saturated carbocycles. The van der Waals surface area contributed by atoms with E-state index in [9.17, 15) is 14.0 Å². The highest BCUT2D eigenvalue weighted by Gasteiger charge is 2.32. The number of halogens is 1. The molecule has 0 radical (unpaired) electrons. The molecule has 0 aliphatic carbocycles. The van der Waals surface area contributed by atoms with Crippen LogP contribution in [0, 0.1) is 5.82 Å². The monoisotopic (exact) mass is 194 g/mol. The minimum absolute atomic E-state index is 0.177. The normalized spacial score (nSPS) is 20.5. The summed E-state index contributed by atoms with van der Waals surface area (Å²) in [6, 6.07) is 4.33. The number of nitrogens with one attached hydrogen (secondary N) is 2. The number of rotatable bonds is 1. The van der Waals surface area contributed by atoms with Crippen molar-refractivity contribution < 1.29 is 14.0 Å². The van der Waals surface area contributed by atoms with Gasteiger partial charge in [-0.05, 0) is 6.07 Å². The SMILES string of the molecule is O=C1NC(=O)[C@H](c2ccccc2F)N1. The van der Waals surface area contributed by atoms with Crippen LogP contribution in [0.4, 0.5) is 9.18 Å². The van der Waals surface area contributed by atoms with Gasteiger partial charge in [0, 0.05) is 5.56 Å². The Morgan fingerprint density at radius 1 is 1.21 bits per heavy atom. The van der Waals surface area contributed by atoms with Crippen molar-refractivity contribution >= 4 is 11.9 Å². The standard InChI is InChI=1S/C9H7FN2O2/c10-6-4-2-1-3-5(6)7-8(13)12-9(14)11-7/h1-4,7H,(H2,11,12,13,14)/t7-/m0/s1. The zero-order valence-corrected chi connectivity index (χ0v) is 7.08. The number of amides is 3. The predicted molar refractivity (Wildman–Crippen MR) is 45.8 cm³/mol. The van der Waals surface area contributed by atoms with Crippen LogP contribution in [0.15, 0.2) is 24.3 Å². The Morgan fingerprint density at radius 3 is 2.50 bits per heavy atom. The summed E-state index contributed by atoms with van der Waals surface area (Å²) >= 11 is 0. The molecule has 4 nitrogen and oxygen atoms in total. The Bertz CT molecular complexity index is 406. The summed E-state index contributed by atoms with van der Waals surface area (Å²) in [5.41, 5.74) is 0.177. The molecule has 1 aliphatic rings. The molecule has 2 rings (SSSR count). The van der Waals surface area contributed by atoms with Gasteiger partial charge in [-0.2, -0.15) is 0 Å². The summed E-state index contributed by atoms with van der Waals surface area (Å²) in [5, 5.41) is 4.36. The van der Waals surface area contributed by atoms with E-state index in [1.54, 1.807) is 6.07 Å². The van der Waals surface area contributed by atoms with Gasteiger partial charge in [-0.3, -0.25) is 10.1 Å². The van der Waals surface area contributed by atoms with Gasteiger partial charge in [0.25, 0.3) is 5.91 Å². The molecule has 14 heavy (non-hydrogen) atoms. The summed E-state index contributed by atoms with van der Waals surface area (Å²) < 4.78 is 13.2. The van der Waals surface area contributed by atoms with Crippen molar-refractivity contribution in [1.29, 1.82) is 0 Å². The van der Waals surface area contributed by atoms with Gasteiger partial charge in [-0.15, -0.1) is 0 Å². The van der Waals surface area contributed by atoms with Crippen molar-refractivity contribution in [1.82, 2.24) is 10.6 Å². The van der Waals surface area contributed by atoms with Crippen LogP contribution in [0.5, 0.6) is 0 Å². The maximum Gasteiger partial charge on any atom is 0.322 e. The molecule has 0 bridgehead atoms. The molecule has 1 aliphatic heterocycles. The van der Waals surface area contributed by atoms with Gasteiger partial charge >= 0.3 is 6.03 Å². The van der Waals surface area contributed by atoms with Crippen LogP contribution in [0.1, 0.15) is 11.6 Å². The summed E-state index contributed by atoms with van der Waals surface area (Å²) in [7, 11) is 0. The van der Waals surface area contributed by atoms with Gasteiger partial charge in [-0.1, -0.05) is 18.2 Å². The number of carbonyl (C=O) groups is 2. The molecule has 0 unspecified atom stereocenters. The molecule has 3 amide bonds. The van der Waals surface area contributed by atoms with Gasteiger partial charge in [-0.25, -0.2) is 9.18 Å². The van der Waals surface area contributed by atoms with Crippen LogP contribution >= 0.6 is 0 Å². The average molecular weight is 194 g/mol. The van der Waals surface area contributed by atoms with Gasteiger partial charge in [0.1, 0.15) is 11.9 Å². The highest BCUT2D eigenvalue weighted by Crippen LogP contribution is 2.19. The lowest BCUT2D eigenvalue weighted by atomic mass is 10.1. The Labute approximate surface area is 79.1 Å². The summed E-state index contributed by atoms with van der Waals surface area (Å²) in [6.45, 7) is 0. The zero-order valence-electron chi connectivity index (χ0n) is 7.08. The molecule has 1 aromatic rings. The van der Waals surface area contributed by atoms with Crippen molar-refractivity contribution in [3.63, 3.8) is 0 Å². The Balaban J connectivity index is 2.36. The van der Waals surface area contributed by atoms with E-state index in [2.05, 4.69) is 5.32 Å². The molecule has 1 fully saturated rings. The first-order valence-electron chi connectivity index (χ1n) is 4.04. The molecule has 2 N–H and O–H groups in total. The highest BCUT2D eigenvalue weighted by molar-refractivity contribution is 6.04. The third kappa shape index (κ3) is 1.32. The van der Waals surface area contributed by atoms with Crippen LogP contribution in [-0.2, 0) is 4.79 Å². The molecule has 5 heteroatoms. The molecule has 1 aromatic carbocycles. The second-order valence-corrected chi connectivity index (χ2v) is 2.92. The molecule has 72 valence electrons. The van der Waals surface area contributed by atoms with E-state index in [0.29, 0.717) is 0 Å². The first-order valence-corrected chi connectivity index (χ1v) is 4.04. The van der Waals surface area contributed by atoms with Crippen molar-refractivity contribution in [2.45, 2.75) is 6.04 Å². The summed E-state index contributed by atoms with van der Waals surface area (Å²) in [5.74, 6) is -1.03. The van der Waals surface area contributed by atoms with Gasteiger partial charge < -0.3 is 5.32 Å². The first-order chi connectivity index (χ1) is 6.68. The van der Waals surface area contributed by atoms with E-state index in [0.717, 1.165) is 0 Å². The van der Waals surface area contributed by atoms with Crippen molar-refractivity contribution in [3.05, 3.63) is 35.6 Å². The third-order valence-corrected chi connectivity index (χ3v) is 1.99. The lowest BCUT2D eigenvalue weighted by Gasteiger charge is -2.07. The quantitative estimate of drug-likeness (QED) is 0.647. The average Bonchev–Trinajstić information content (AvgIpc) is 2.46. The second kappa shape index (κ2) is 3.10. The van der Waals surface area contributed by atoms with Crippen LogP contribution in [0.25, 0.3) is 0 Å². The Kier molecular flexibility index (Phi) is 1.92. The Morgan fingerprint density at radius 2 is 1.93 bits per heavy atom. The number of carbonyl (C=O) groups excluding carboxylic acids is 2. The molecule has 1 heterocycles. The number of hydrogen-bond donors (Lipinski definition) is 2. The summed E-state index contributed by atoms with van der Waals surface area (Å²) in [4.78, 5) is 22.0. The van der Waals surface area contributed by atoms with Crippen LogP contribution in [0.2, 0.25) is 0 Å². The molecule has 1 atom stereocenters. The molecular weight excluding hydrogens is 187 g/mol.